The van der Waals surface area contributed by atoms with Crippen LogP contribution in [0.1, 0.15) is 44.2 Å². The Kier molecular flexibility index (Phi) is 5.20. The van der Waals surface area contributed by atoms with E-state index < -0.39 is 0 Å². The van der Waals surface area contributed by atoms with Crippen molar-refractivity contribution in [2.75, 3.05) is 7.11 Å². The van der Waals surface area contributed by atoms with Crippen LogP contribution in [0.25, 0.3) is 0 Å². The van der Waals surface area contributed by atoms with Crippen molar-refractivity contribution >= 4 is 5.97 Å². The van der Waals surface area contributed by atoms with Crippen LogP contribution in [0.15, 0.2) is 24.3 Å². The minimum atomic E-state index is -0.149. The molecule has 94 valence electrons. The fraction of sp³-hybridized carbons (Fsp3) is 0.533. The molecule has 2 nitrogen and oxygen atoms in total. The molecule has 0 amide bonds. The van der Waals surface area contributed by atoms with E-state index in [2.05, 4.69) is 42.8 Å². The van der Waals surface area contributed by atoms with Crippen molar-refractivity contribution in [1.82, 2.24) is 0 Å². The number of esters is 1. The van der Waals surface area contributed by atoms with Gasteiger partial charge >= 0.3 is 5.97 Å². The van der Waals surface area contributed by atoms with Gasteiger partial charge in [0, 0.05) is 0 Å². The van der Waals surface area contributed by atoms with Gasteiger partial charge in [-0.1, -0.05) is 45.0 Å². The molecule has 0 saturated carbocycles. The molecule has 2 heteroatoms. The highest BCUT2D eigenvalue weighted by Gasteiger charge is 2.11. The quantitative estimate of drug-likeness (QED) is 0.728. The smallest absolute Gasteiger partial charge is 0.306 e. The summed E-state index contributed by atoms with van der Waals surface area (Å²) in [5.74, 6) is 0.743. The van der Waals surface area contributed by atoms with E-state index in [9.17, 15) is 4.79 Å². The summed E-state index contributed by atoms with van der Waals surface area (Å²) in [5.41, 5.74) is 2.55. The summed E-state index contributed by atoms with van der Waals surface area (Å²) in [4.78, 5) is 11.2. The topological polar surface area (TPSA) is 26.3 Å². The summed E-state index contributed by atoms with van der Waals surface area (Å²) in [6.07, 6.45) is 1.55. The molecule has 17 heavy (non-hydrogen) atoms. The van der Waals surface area contributed by atoms with Crippen LogP contribution < -0.4 is 0 Å². The number of carbonyl (C=O) groups is 1. The van der Waals surface area contributed by atoms with Crippen LogP contribution in [0.2, 0.25) is 0 Å². The molecule has 1 atom stereocenters. The molecule has 0 heterocycles. The summed E-state index contributed by atoms with van der Waals surface area (Å²) in [6.45, 7) is 6.48. The van der Waals surface area contributed by atoms with Crippen LogP contribution in [0, 0.1) is 5.92 Å². The molecule has 0 aromatic heterocycles. The Bertz CT molecular complexity index is 352. The van der Waals surface area contributed by atoms with Crippen molar-refractivity contribution in [3.63, 3.8) is 0 Å². The second-order valence-electron chi connectivity index (χ2n) is 5.02. The van der Waals surface area contributed by atoms with Gasteiger partial charge in [0.25, 0.3) is 0 Å². The summed E-state index contributed by atoms with van der Waals surface area (Å²) in [7, 11) is 1.43. The van der Waals surface area contributed by atoms with Crippen LogP contribution >= 0.6 is 0 Å². The van der Waals surface area contributed by atoms with Gasteiger partial charge in [-0.05, 0) is 29.4 Å². The molecule has 1 unspecified atom stereocenters. The molecule has 1 aromatic rings. The van der Waals surface area contributed by atoms with Gasteiger partial charge in [0.1, 0.15) is 0 Å². The molecule has 0 radical (unpaired) electrons. The zero-order chi connectivity index (χ0) is 12.8. The fourth-order valence-electron chi connectivity index (χ4n) is 1.90. The van der Waals surface area contributed by atoms with E-state index in [0.717, 1.165) is 6.42 Å². The summed E-state index contributed by atoms with van der Waals surface area (Å²) in [6, 6.07) is 8.54. The Morgan fingerprint density at radius 2 is 1.76 bits per heavy atom. The Morgan fingerprint density at radius 3 is 2.24 bits per heavy atom. The van der Waals surface area contributed by atoms with Gasteiger partial charge in [0.15, 0.2) is 0 Å². The van der Waals surface area contributed by atoms with E-state index >= 15 is 0 Å². The summed E-state index contributed by atoms with van der Waals surface area (Å²) >= 11 is 0. The molecule has 0 saturated heterocycles. The van der Waals surface area contributed by atoms with Crippen LogP contribution in [-0.4, -0.2) is 13.1 Å². The predicted octanol–water partition coefficient (Wildman–Crippen LogP) is 3.55. The lowest BCUT2D eigenvalue weighted by Crippen LogP contribution is -2.06. The molecular weight excluding hydrogens is 212 g/mol. The van der Waals surface area contributed by atoms with Crippen molar-refractivity contribution in [2.45, 2.75) is 39.5 Å². The van der Waals surface area contributed by atoms with E-state index in [4.69, 9.17) is 0 Å². The SMILES string of the molecule is COC(=O)CC(C)c1ccc(CC(C)C)cc1. The Hall–Kier alpha value is -1.31. The molecular formula is C15H22O2. The number of carbonyl (C=O) groups excluding carboxylic acids is 1. The maximum atomic E-state index is 11.2. The standard InChI is InChI=1S/C15H22O2/c1-11(2)9-13-5-7-14(8-6-13)12(3)10-15(16)17-4/h5-8,11-12H,9-10H2,1-4H3. The second-order valence-corrected chi connectivity index (χ2v) is 5.02. The number of hydrogen-bond acceptors (Lipinski definition) is 2. The third-order valence-corrected chi connectivity index (χ3v) is 2.89. The first-order valence-electron chi connectivity index (χ1n) is 6.18. The van der Waals surface area contributed by atoms with Crippen LogP contribution in [0.3, 0.4) is 0 Å². The molecule has 0 bridgehead atoms. The lowest BCUT2D eigenvalue weighted by atomic mass is 9.95. The number of rotatable bonds is 5. The Balaban J connectivity index is 2.63. The normalized spacial score (nSPS) is 12.5. The average molecular weight is 234 g/mol. The maximum absolute atomic E-state index is 11.2. The van der Waals surface area contributed by atoms with Crippen molar-refractivity contribution in [3.8, 4) is 0 Å². The first-order valence-corrected chi connectivity index (χ1v) is 6.18. The first kappa shape index (κ1) is 13.8. The average Bonchev–Trinajstić information content (AvgIpc) is 2.28. The predicted molar refractivity (Wildman–Crippen MR) is 70.0 cm³/mol. The highest BCUT2D eigenvalue weighted by atomic mass is 16.5. The van der Waals surface area contributed by atoms with E-state index in [-0.39, 0.29) is 11.9 Å². The molecule has 0 spiro atoms. The Morgan fingerprint density at radius 1 is 1.18 bits per heavy atom. The van der Waals surface area contributed by atoms with Crippen LogP contribution in [-0.2, 0) is 16.0 Å². The third-order valence-electron chi connectivity index (χ3n) is 2.89. The number of benzene rings is 1. The van der Waals surface area contributed by atoms with Gasteiger partial charge in [-0.25, -0.2) is 0 Å². The molecule has 0 N–H and O–H groups in total. The molecule has 1 aromatic carbocycles. The molecule has 0 aliphatic carbocycles. The lowest BCUT2D eigenvalue weighted by Gasteiger charge is -2.11. The number of ether oxygens (including phenoxy) is 1. The van der Waals surface area contributed by atoms with Crippen molar-refractivity contribution < 1.29 is 9.53 Å². The number of methoxy groups -OCH3 is 1. The van der Waals surface area contributed by atoms with Gasteiger partial charge in [0.2, 0.25) is 0 Å². The second kappa shape index (κ2) is 6.43. The monoisotopic (exact) mass is 234 g/mol. The van der Waals surface area contributed by atoms with Crippen LogP contribution in [0.5, 0.6) is 0 Å². The number of hydrogen-bond donors (Lipinski definition) is 0. The fourth-order valence-corrected chi connectivity index (χ4v) is 1.90. The van der Waals surface area contributed by atoms with Gasteiger partial charge in [-0.3, -0.25) is 4.79 Å². The third kappa shape index (κ3) is 4.59. The first-order chi connectivity index (χ1) is 8.02. The van der Waals surface area contributed by atoms with Gasteiger partial charge in [-0.2, -0.15) is 0 Å². The largest absolute Gasteiger partial charge is 0.469 e. The lowest BCUT2D eigenvalue weighted by molar-refractivity contribution is -0.140. The zero-order valence-corrected chi connectivity index (χ0v) is 11.2. The van der Waals surface area contributed by atoms with E-state index in [1.165, 1.54) is 18.2 Å². The molecule has 1 rings (SSSR count). The summed E-state index contributed by atoms with van der Waals surface area (Å²) < 4.78 is 4.68. The molecule has 0 fully saturated rings. The van der Waals surface area contributed by atoms with Crippen molar-refractivity contribution in [3.05, 3.63) is 35.4 Å². The van der Waals surface area contributed by atoms with Crippen molar-refractivity contribution in [2.24, 2.45) is 5.92 Å². The molecule has 0 aliphatic rings. The van der Waals surface area contributed by atoms with E-state index in [0.29, 0.717) is 12.3 Å². The van der Waals surface area contributed by atoms with Crippen molar-refractivity contribution in [1.29, 1.82) is 0 Å². The molecule has 0 aliphatic heterocycles. The zero-order valence-electron chi connectivity index (χ0n) is 11.2. The van der Waals surface area contributed by atoms with E-state index in [1.54, 1.807) is 0 Å². The van der Waals surface area contributed by atoms with Crippen LogP contribution in [0.4, 0.5) is 0 Å². The van der Waals surface area contributed by atoms with E-state index in [1.807, 2.05) is 6.92 Å². The summed E-state index contributed by atoms with van der Waals surface area (Å²) in [5, 5.41) is 0. The highest BCUT2D eigenvalue weighted by molar-refractivity contribution is 5.70. The highest BCUT2D eigenvalue weighted by Crippen LogP contribution is 2.20. The van der Waals surface area contributed by atoms with Gasteiger partial charge in [-0.15, -0.1) is 0 Å². The maximum Gasteiger partial charge on any atom is 0.306 e. The minimum Gasteiger partial charge on any atom is -0.469 e. The Labute approximate surface area is 104 Å². The van der Waals surface area contributed by atoms with Gasteiger partial charge in [0.05, 0.1) is 13.5 Å². The van der Waals surface area contributed by atoms with Gasteiger partial charge < -0.3 is 4.74 Å². The minimum absolute atomic E-state index is 0.149.